The maximum Gasteiger partial charge on any atom is 0.416 e. The van der Waals surface area contributed by atoms with Crippen LogP contribution in [0.1, 0.15) is 38.1 Å². The van der Waals surface area contributed by atoms with Crippen LogP contribution in [-0.2, 0) is 4.74 Å². The van der Waals surface area contributed by atoms with Crippen LogP contribution >= 0.6 is 0 Å². The molecule has 0 aliphatic heterocycles. The average Bonchev–Trinajstić information content (AvgIpc) is 3.02. The van der Waals surface area contributed by atoms with Gasteiger partial charge in [0, 0.05) is 17.0 Å². The highest BCUT2D eigenvalue weighted by atomic mass is 19.4. The van der Waals surface area contributed by atoms with Crippen molar-refractivity contribution in [2.24, 2.45) is 0 Å². The summed E-state index contributed by atoms with van der Waals surface area (Å²) in [5.41, 5.74) is -1.64. The zero-order valence-corrected chi connectivity index (χ0v) is 18.8. The van der Waals surface area contributed by atoms with Gasteiger partial charge in [-0.3, -0.25) is 5.32 Å². The molecule has 0 radical (unpaired) electrons. The van der Waals surface area contributed by atoms with Gasteiger partial charge in [0.2, 0.25) is 5.95 Å². The highest BCUT2D eigenvalue weighted by Gasteiger charge is 2.45. The van der Waals surface area contributed by atoms with E-state index in [0.717, 1.165) is 18.5 Å². The molecule has 14 heteroatoms. The summed E-state index contributed by atoms with van der Waals surface area (Å²) in [6, 6.07) is -2.68. The topological polar surface area (TPSA) is 118 Å². The number of aryl methyl sites for hydroxylation is 1. The Bertz CT molecular complexity index is 1250. The molecule has 0 spiro atoms. The Hall–Kier alpha value is -3.97. The third-order valence-corrected chi connectivity index (χ3v) is 4.38. The summed E-state index contributed by atoms with van der Waals surface area (Å²) < 4.78 is 78.8. The number of benzene rings is 1. The molecular weight excluding hydrogens is 481 g/mol. The predicted molar refractivity (Wildman–Crippen MR) is 114 cm³/mol. The van der Waals surface area contributed by atoms with Crippen molar-refractivity contribution >= 4 is 34.7 Å². The van der Waals surface area contributed by atoms with Crippen LogP contribution in [0.25, 0.3) is 11.0 Å². The van der Waals surface area contributed by atoms with Gasteiger partial charge in [-0.15, -0.1) is 0 Å². The summed E-state index contributed by atoms with van der Waals surface area (Å²) >= 11 is 0. The van der Waals surface area contributed by atoms with Crippen LogP contribution in [0.2, 0.25) is 0 Å². The average molecular weight is 501 g/mol. The van der Waals surface area contributed by atoms with Gasteiger partial charge in [0.1, 0.15) is 17.2 Å². The van der Waals surface area contributed by atoms with E-state index >= 15 is 0 Å². The molecule has 3 aromatic rings. The normalized spacial score (nSPS) is 12.8. The lowest BCUT2D eigenvalue weighted by atomic mass is 10.1. The molecule has 1 aromatic carbocycles. The second kappa shape index (κ2) is 9.35. The number of furan rings is 1. The molecule has 0 bridgehead atoms. The lowest BCUT2D eigenvalue weighted by Gasteiger charge is -2.21. The van der Waals surface area contributed by atoms with Crippen molar-refractivity contribution in [1.29, 1.82) is 0 Å². The Morgan fingerprint density at radius 2 is 1.69 bits per heavy atom. The fraction of sp³-hybridized carbons (Fsp3) is 0.333. The zero-order chi connectivity index (χ0) is 26.1. The number of carbonyl (C=O) groups is 2. The van der Waals surface area contributed by atoms with Gasteiger partial charge in [-0.05, 0) is 33.8 Å². The minimum Gasteiger partial charge on any atom is -0.455 e. The van der Waals surface area contributed by atoms with Gasteiger partial charge in [0.05, 0.1) is 18.1 Å². The van der Waals surface area contributed by atoms with Gasteiger partial charge < -0.3 is 19.8 Å². The molecule has 0 saturated heterocycles. The summed E-state index contributed by atoms with van der Waals surface area (Å²) in [6.45, 7) is 6.13. The molecule has 3 rings (SSSR count). The standard InChI is InChI=1S/C21H20F5N5O4/c1-9-12-5-10(22)6-13(23)15(12)34-14(9)16(21(24,25)26)30-18(32)29-11-7-27-17(28-8-11)31-19(33)35-20(2,3)4/h5-8,16H,1-4H3,(H2,29,30,32)(H,27,28,31,33). The van der Waals surface area contributed by atoms with Crippen LogP contribution in [0.3, 0.4) is 0 Å². The van der Waals surface area contributed by atoms with E-state index in [2.05, 4.69) is 20.6 Å². The van der Waals surface area contributed by atoms with Crippen LogP contribution < -0.4 is 16.0 Å². The largest absolute Gasteiger partial charge is 0.455 e. The Labute approximate surface area is 195 Å². The second-order valence-electron chi connectivity index (χ2n) is 8.35. The number of rotatable bonds is 4. The molecule has 1 atom stereocenters. The number of hydrogen-bond acceptors (Lipinski definition) is 6. The minimum absolute atomic E-state index is 0.104. The first kappa shape index (κ1) is 25.6. The van der Waals surface area contributed by atoms with Crippen molar-refractivity contribution < 1.29 is 40.7 Å². The van der Waals surface area contributed by atoms with Crippen LogP contribution in [-0.4, -0.2) is 33.9 Å². The zero-order valence-electron chi connectivity index (χ0n) is 18.8. The van der Waals surface area contributed by atoms with E-state index in [0.29, 0.717) is 6.07 Å². The van der Waals surface area contributed by atoms with E-state index in [1.54, 1.807) is 26.1 Å². The molecule has 1 unspecified atom stereocenters. The number of amides is 3. The summed E-state index contributed by atoms with van der Waals surface area (Å²) in [7, 11) is 0. The highest BCUT2D eigenvalue weighted by Crippen LogP contribution is 2.39. The third kappa shape index (κ3) is 6.33. The lowest BCUT2D eigenvalue weighted by Crippen LogP contribution is -2.40. The summed E-state index contributed by atoms with van der Waals surface area (Å²) in [4.78, 5) is 31.5. The number of nitrogens with zero attached hydrogens (tertiary/aromatic N) is 2. The van der Waals surface area contributed by atoms with Gasteiger partial charge in [-0.1, -0.05) is 0 Å². The van der Waals surface area contributed by atoms with Crippen molar-refractivity contribution in [1.82, 2.24) is 15.3 Å². The molecule has 2 heterocycles. The number of anilines is 2. The fourth-order valence-electron chi connectivity index (χ4n) is 2.98. The van der Waals surface area contributed by atoms with Gasteiger partial charge >= 0.3 is 18.3 Å². The molecular formula is C21H20F5N5O4. The highest BCUT2D eigenvalue weighted by molar-refractivity contribution is 5.90. The van der Waals surface area contributed by atoms with Crippen molar-refractivity contribution in [3.05, 3.63) is 47.5 Å². The van der Waals surface area contributed by atoms with Gasteiger partial charge in [-0.2, -0.15) is 13.2 Å². The smallest absolute Gasteiger partial charge is 0.416 e. The molecule has 3 amide bonds. The number of hydrogen-bond donors (Lipinski definition) is 3. The molecule has 35 heavy (non-hydrogen) atoms. The molecule has 3 N–H and O–H groups in total. The summed E-state index contributed by atoms with van der Waals surface area (Å²) in [5.74, 6) is -3.16. The van der Waals surface area contributed by atoms with Crippen molar-refractivity contribution in [3.63, 3.8) is 0 Å². The van der Waals surface area contributed by atoms with Gasteiger partial charge in [0.25, 0.3) is 0 Å². The number of alkyl halides is 3. The number of carbonyl (C=O) groups excluding carboxylic acids is 2. The van der Waals surface area contributed by atoms with Crippen molar-refractivity contribution in [2.75, 3.05) is 10.6 Å². The molecule has 0 aliphatic carbocycles. The number of nitrogens with one attached hydrogen (secondary N) is 3. The first-order valence-corrected chi connectivity index (χ1v) is 9.98. The lowest BCUT2D eigenvalue weighted by molar-refractivity contribution is -0.158. The molecule has 0 saturated carbocycles. The predicted octanol–water partition coefficient (Wildman–Crippen LogP) is 5.58. The van der Waals surface area contributed by atoms with E-state index in [-0.39, 0.29) is 22.6 Å². The van der Waals surface area contributed by atoms with Crippen LogP contribution in [0.15, 0.2) is 28.9 Å². The second-order valence-corrected chi connectivity index (χ2v) is 8.35. The molecule has 0 aliphatic rings. The Kier molecular flexibility index (Phi) is 6.85. The van der Waals surface area contributed by atoms with E-state index < -0.39 is 52.9 Å². The van der Waals surface area contributed by atoms with E-state index in [1.807, 2.05) is 0 Å². The number of fused-ring (bicyclic) bond motifs is 1. The summed E-state index contributed by atoms with van der Waals surface area (Å²) in [6.07, 6.45) is -3.80. The number of urea groups is 1. The number of ether oxygens (including phenoxy) is 1. The molecule has 9 nitrogen and oxygen atoms in total. The Balaban J connectivity index is 1.75. The first-order chi connectivity index (χ1) is 16.1. The maximum absolute atomic E-state index is 14.0. The van der Waals surface area contributed by atoms with Gasteiger partial charge in [-0.25, -0.2) is 28.3 Å². The maximum atomic E-state index is 14.0. The van der Waals surface area contributed by atoms with Crippen LogP contribution in [0.4, 0.5) is 43.2 Å². The van der Waals surface area contributed by atoms with Crippen molar-refractivity contribution in [2.45, 2.75) is 45.5 Å². The van der Waals surface area contributed by atoms with Gasteiger partial charge in [0.15, 0.2) is 17.4 Å². The first-order valence-electron chi connectivity index (χ1n) is 9.98. The molecule has 2 aromatic heterocycles. The Morgan fingerprint density at radius 3 is 2.26 bits per heavy atom. The Morgan fingerprint density at radius 1 is 1.06 bits per heavy atom. The molecule has 0 fully saturated rings. The van der Waals surface area contributed by atoms with Crippen LogP contribution in [0.5, 0.6) is 0 Å². The van der Waals surface area contributed by atoms with E-state index in [4.69, 9.17) is 9.15 Å². The quantitative estimate of drug-likeness (QED) is 0.402. The van der Waals surface area contributed by atoms with Crippen molar-refractivity contribution in [3.8, 4) is 0 Å². The third-order valence-electron chi connectivity index (χ3n) is 4.38. The number of halogens is 5. The summed E-state index contributed by atoms with van der Waals surface area (Å²) in [5, 5.41) is 5.86. The van der Waals surface area contributed by atoms with E-state index in [1.165, 1.54) is 6.92 Å². The van der Waals surface area contributed by atoms with E-state index in [9.17, 15) is 31.5 Å². The number of aromatic nitrogens is 2. The van der Waals surface area contributed by atoms with Crippen LogP contribution in [0, 0.1) is 18.6 Å². The minimum atomic E-state index is -5.04. The fourth-order valence-corrected chi connectivity index (χ4v) is 2.98. The monoisotopic (exact) mass is 501 g/mol. The SMILES string of the molecule is Cc1c(C(NC(=O)Nc2cnc(NC(=O)OC(C)(C)C)nc2)C(F)(F)F)oc2c(F)cc(F)cc12. The molecule has 188 valence electrons.